The molecule has 0 spiro atoms. The molecule has 0 unspecified atom stereocenters. The average Bonchev–Trinajstić information content (AvgIpc) is 2.64. The van der Waals surface area contributed by atoms with Crippen LogP contribution in [-0.4, -0.2) is 49.2 Å². The third-order valence-corrected chi connectivity index (χ3v) is 5.28. The van der Waals surface area contributed by atoms with E-state index in [1.807, 2.05) is 13.8 Å². The molecule has 6 nitrogen and oxygen atoms in total. The summed E-state index contributed by atoms with van der Waals surface area (Å²) in [5.41, 5.74) is 2.02. The fourth-order valence-corrected chi connectivity index (χ4v) is 3.85. The van der Waals surface area contributed by atoms with E-state index in [1.54, 1.807) is 25.6 Å². The summed E-state index contributed by atoms with van der Waals surface area (Å²) >= 11 is 0. The Balaban J connectivity index is 3.10. The van der Waals surface area contributed by atoms with Gasteiger partial charge in [-0.3, -0.25) is 4.68 Å². The van der Waals surface area contributed by atoms with Gasteiger partial charge >= 0.3 is 0 Å². The van der Waals surface area contributed by atoms with Crippen LogP contribution >= 0.6 is 0 Å². The number of sulfonamides is 1. The topological polar surface area (TPSA) is 67.2 Å². The van der Waals surface area contributed by atoms with E-state index in [2.05, 4.69) is 17.0 Å². The second kappa shape index (κ2) is 7.20. The van der Waals surface area contributed by atoms with Crippen LogP contribution in [0.3, 0.4) is 0 Å². The van der Waals surface area contributed by atoms with Gasteiger partial charge in [0.25, 0.3) is 0 Å². The van der Waals surface area contributed by atoms with Gasteiger partial charge in [-0.05, 0) is 27.3 Å². The lowest BCUT2D eigenvalue weighted by atomic mass is 10.4. The first-order valence-electron chi connectivity index (χ1n) is 7.07. The molecule has 0 fully saturated rings. The quantitative estimate of drug-likeness (QED) is 0.580. The highest BCUT2D eigenvalue weighted by molar-refractivity contribution is 7.89. The largest absolute Gasteiger partial charge is 0.315 e. The molecule has 1 aromatic rings. The fourth-order valence-electron chi connectivity index (χ4n) is 2.25. The Kier molecular flexibility index (Phi) is 6.12. The minimum atomic E-state index is -3.54. The molecule has 0 aliphatic carbocycles. The van der Waals surface area contributed by atoms with Crippen LogP contribution in [0.25, 0.3) is 0 Å². The third-order valence-electron chi connectivity index (χ3n) is 3.23. The molecular weight excluding hydrogens is 288 g/mol. The molecule has 1 rings (SSSR count). The van der Waals surface area contributed by atoms with Crippen molar-refractivity contribution in [2.24, 2.45) is 0 Å². The molecule has 0 radical (unpaired) electrons. The number of aryl methyl sites for hydroxylation is 1. The van der Waals surface area contributed by atoms with Gasteiger partial charge in [-0.25, -0.2) is 8.42 Å². The Hall–Kier alpha value is -1.18. The van der Waals surface area contributed by atoms with Crippen LogP contribution in [0.15, 0.2) is 17.0 Å². The molecule has 0 aromatic carbocycles. The summed E-state index contributed by atoms with van der Waals surface area (Å²) in [5.74, 6) is 0. The minimum Gasteiger partial charge on any atom is -0.315 e. The average molecular weight is 314 g/mol. The zero-order chi connectivity index (χ0) is 16.2. The molecule has 0 aliphatic heterocycles. The zero-order valence-electron chi connectivity index (χ0n) is 13.6. The summed E-state index contributed by atoms with van der Waals surface area (Å²) in [7, 11) is -1.97. The highest BCUT2D eigenvalue weighted by atomic mass is 32.2. The van der Waals surface area contributed by atoms with Gasteiger partial charge in [0.05, 0.1) is 17.9 Å². The number of nitrogens with zero attached hydrogens (tertiary/aromatic N) is 3. The Morgan fingerprint density at radius 3 is 2.57 bits per heavy atom. The molecule has 1 aromatic heterocycles. The van der Waals surface area contributed by atoms with Gasteiger partial charge in [-0.15, -0.1) is 0 Å². The molecule has 7 heteroatoms. The van der Waals surface area contributed by atoms with Gasteiger partial charge < -0.3 is 5.32 Å². The van der Waals surface area contributed by atoms with Crippen molar-refractivity contribution in [1.29, 1.82) is 0 Å². The Bertz CT molecular complexity index is 605. The summed E-state index contributed by atoms with van der Waals surface area (Å²) < 4.78 is 28.4. The lowest BCUT2D eigenvalue weighted by Gasteiger charge is -2.17. The van der Waals surface area contributed by atoms with Gasteiger partial charge in [0.15, 0.2) is 0 Å². The highest BCUT2D eigenvalue weighted by Crippen LogP contribution is 2.23. The monoisotopic (exact) mass is 314 g/mol. The van der Waals surface area contributed by atoms with Gasteiger partial charge in [0.2, 0.25) is 10.0 Å². The van der Waals surface area contributed by atoms with Crippen molar-refractivity contribution in [3.63, 3.8) is 0 Å². The van der Waals surface area contributed by atoms with Crippen LogP contribution in [0, 0.1) is 13.8 Å². The van der Waals surface area contributed by atoms with E-state index in [0.717, 1.165) is 18.7 Å². The predicted octanol–water partition coefficient (Wildman–Crippen LogP) is 1.31. The smallest absolute Gasteiger partial charge is 0.246 e. The molecule has 0 amide bonds. The van der Waals surface area contributed by atoms with E-state index in [0.29, 0.717) is 29.4 Å². The van der Waals surface area contributed by atoms with Gasteiger partial charge in [0.1, 0.15) is 4.90 Å². The number of nitrogens with one attached hydrogen (secondary N) is 1. The van der Waals surface area contributed by atoms with E-state index < -0.39 is 10.0 Å². The van der Waals surface area contributed by atoms with Crippen molar-refractivity contribution in [2.75, 3.05) is 26.7 Å². The first-order chi connectivity index (χ1) is 9.71. The number of aromatic nitrogens is 2. The Morgan fingerprint density at radius 1 is 1.43 bits per heavy atom. The normalized spacial score (nSPS) is 12.1. The maximum Gasteiger partial charge on any atom is 0.246 e. The van der Waals surface area contributed by atoms with Gasteiger partial charge in [0, 0.05) is 20.1 Å². The van der Waals surface area contributed by atoms with Crippen LogP contribution < -0.4 is 5.32 Å². The Morgan fingerprint density at radius 2 is 2.05 bits per heavy atom. The summed E-state index contributed by atoms with van der Waals surface area (Å²) in [6, 6.07) is 0. The number of likely N-dealkylation sites (N-methyl/N-ethyl adjacent to an activating group) is 2. The summed E-state index contributed by atoms with van der Waals surface area (Å²) in [5, 5.41) is 7.57. The lowest BCUT2D eigenvalue weighted by molar-refractivity contribution is 0.491. The summed E-state index contributed by atoms with van der Waals surface area (Å²) in [6.45, 7) is 13.7. The van der Waals surface area contributed by atoms with Crippen molar-refractivity contribution in [3.8, 4) is 0 Å². The van der Waals surface area contributed by atoms with E-state index >= 15 is 0 Å². The van der Waals surface area contributed by atoms with Gasteiger partial charge in [-0.1, -0.05) is 19.1 Å². The Labute approximate surface area is 127 Å². The maximum absolute atomic E-state index is 12.7. The second-order valence-corrected chi connectivity index (χ2v) is 7.28. The van der Waals surface area contributed by atoms with Crippen molar-refractivity contribution in [3.05, 3.63) is 23.5 Å². The number of hydrogen-bond donors (Lipinski definition) is 1. The number of rotatable bonds is 8. The van der Waals surface area contributed by atoms with Crippen LogP contribution in [0.1, 0.15) is 25.2 Å². The molecule has 0 saturated carbocycles. The molecule has 0 atom stereocenters. The molecule has 0 bridgehead atoms. The van der Waals surface area contributed by atoms with E-state index in [1.165, 1.54) is 4.31 Å². The molecule has 0 saturated heterocycles. The van der Waals surface area contributed by atoms with Crippen LogP contribution in [-0.2, 0) is 16.6 Å². The number of hydrogen-bond acceptors (Lipinski definition) is 4. The first kappa shape index (κ1) is 17.9. The van der Waals surface area contributed by atoms with Crippen LogP contribution in [0.4, 0.5) is 0 Å². The fraction of sp³-hybridized carbons (Fsp3) is 0.643. The highest BCUT2D eigenvalue weighted by Gasteiger charge is 2.28. The minimum absolute atomic E-state index is 0.308. The van der Waals surface area contributed by atoms with Crippen molar-refractivity contribution in [1.82, 2.24) is 19.4 Å². The first-order valence-corrected chi connectivity index (χ1v) is 8.51. The second-order valence-electron chi connectivity index (χ2n) is 5.29. The maximum atomic E-state index is 12.7. The molecule has 0 aliphatic rings. The lowest BCUT2D eigenvalue weighted by Crippen LogP contribution is -2.29. The molecule has 21 heavy (non-hydrogen) atoms. The molecule has 120 valence electrons. The standard InChI is InChI=1S/C14H26N4O2S/c1-7-15-8-9-18-13(5)14(12(4)16-18)21(19,20)17(6)10-11(2)3/h15H,2,7-10H2,1,3-6H3. The van der Waals surface area contributed by atoms with E-state index in [4.69, 9.17) is 0 Å². The zero-order valence-corrected chi connectivity index (χ0v) is 14.4. The van der Waals surface area contributed by atoms with E-state index in [9.17, 15) is 8.42 Å². The summed E-state index contributed by atoms with van der Waals surface area (Å²) in [6.07, 6.45) is 0. The van der Waals surface area contributed by atoms with E-state index in [-0.39, 0.29) is 0 Å². The van der Waals surface area contributed by atoms with Crippen molar-refractivity contribution < 1.29 is 8.42 Å². The SMILES string of the molecule is C=C(C)CN(C)S(=O)(=O)c1c(C)nn(CCNCC)c1C. The van der Waals surface area contributed by atoms with Gasteiger partial charge in [-0.2, -0.15) is 9.40 Å². The van der Waals surface area contributed by atoms with Crippen LogP contribution in [0.2, 0.25) is 0 Å². The predicted molar refractivity (Wildman–Crippen MR) is 84.9 cm³/mol. The molecular formula is C14H26N4O2S. The summed E-state index contributed by atoms with van der Waals surface area (Å²) in [4.78, 5) is 0.308. The van der Waals surface area contributed by atoms with Crippen molar-refractivity contribution in [2.45, 2.75) is 39.1 Å². The van der Waals surface area contributed by atoms with Crippen molar-refractivity contribution >= 4 is 10.0 Å². The van der Waals surface area contributed by atoms with Crippen LogP contribution in [0.5, 0.6) is 0 Å². The molecule has 1 N–H and O–H groups in total. The molecule has 1 heterocycles. The third kappa shape index (κ3) is 4.15.